The SMILES string of the molecule is Cc1cc(F)ccc1S(=O)(=O)N1CCCCC1CCNC(=O)C(=O)NCCCc1ccccc1. The minimum atomic E-state index is -3.79. The Hall–Kier alpha value is -2.78. The number of nitrogens with zero attached hydrogens (tertiary/aromatic N) is 1. The molecule has 2 amide bonds. The molecule has 7 nitrogen and oxygen atoms in total. The van der Waals surface area contributed by atoms with E-state index in [9.17, 15) is 22.4 Å². The van der Waals surface area contributed by atoms with Gasteiger partial charge in [-0.2, -0.15) is 4.31 Å². The predicted molar refractivity (Wildman–Crippen MR) is 128 cm³/mol. The van der Waals surface area contributed by atoms with Crippen LogP contribution in [0.15, 0.2) is 53.4 Å². The second kappa shape index (κ2) is 12.1. The molecular formula is C25H32FN3O4S. The molecule has 3 rings (SSSR count). The fraction of sp³-hybridized carbons (Fsp3) is 0.440. The third kappa shape index (κ3) is 6.87. The van der Waals surface area contributed by atoms with Gasteiger partial charge in [-0.15, -0.1) is 0 Å². The van der Waals surface area contributed by atoms with Gasteiger partial charge >= 0.3 is 11.8 Å². The fourth-order valence-corrected chi connectivity index (χ4v) is 6.19. The predicted octanol–water partition coefficient (Wildman–Crippen LogP) is 2.93. The molecule has 1 atom stereocenters. The van der Waals surface area contributed by atoms with Crippen molar-refractivity contribution in [3.63, 3.8) is 0 Å². The summed E-state index contributed by atoms with van der Waals surface area (Å²) in [6, 6.07) is 13.3. The van der Waals surface area contributed by atoms with Crippen molar-refractivity contribution in [2.24, 2.45) is 0 Å². The lowest BCUT2D eigenvalue weighted by Gasteiger charge is -2.35. The van der Waals surface area contributed by atoms with Crippen molar-refractivity contribution < 1.29 is 22.4 Å². The number of halogens is 1. The fourth-order valence-electron chi connectivity index (χ4n) is 4.26. The molecule has 0 saturated carbocycles. The maximum Gasteiger partial charge on any atom is 0.309 e. The number of carbonyl (C=O) groups excluding carboxylic acids is 2. The van der Waals surface area contributed by atoms with Crippen LogP contribution in [-0.2, 0) is 26.0 Å². The van der Waals surface area contributed by atoms with Crippen LogP contribution in [0.4, 0.5) is 4.39 Å². The maximum atomic E-state index is 13.5. The van der Waals surface area contributed by atoms with Crippen LogP contribution in [0.2, 0.25) is 0 Å². The maximum absolute atomic E-state index is 13.5. The summed E-state index contributed by atoms with van der Waals surface area (Å²) in [5, 5.41) is 5.22. The number of rotatable bonds is 9. The summed E-state index contributed by atoms with van der Waals surface area (Å²) >= 11 is 0. The Bertz CT molecular complexity index is 1090. The zero-order valence-corrected chi connectivity index (χ0v) is 20.2. The van der Waals surface area contributed by atoms with Crippen LogP contribution < -0.4 is 10.6 Å². The van der Waals surface area contributed by atoms with Crippen molar-refractivity contribution in [1.82, 2.24) is 14.9 Å². The van der Waals surface area contributed by atoms with Crippen molar-refractivity contribution in [2.75, 3.05) is 19.6 Å². The number of amides is 2. The Balaban J connectivity index is 1.47. The van der Waals surface area contributed by atoms with Crippen molar-refractivity contribution in [3.8, 4) is 0 Å². The van der Waals surface area contributed by atoms with Crippen LogP contribution in [0.1, 0.15) is 43.2 Å². The van der Waals surface area contributed by atoms with Gasteiger partial charge in [0.25, 0.3) is 0 Å². The van der Waals surface area contributed by atoms with E-state index in [0.29, 0.717) is 31.5 Å². The van der Waals surface area contributed by atoms with Crippen LogP contribution in [0, 0.1) is 12.7 Å². The number of nitrogens with one attached hydrogen (secondary N) is 2. The lowest BCUT2D eigenvalue weighted by atomic mass is 10.0. The van der Waals surface area contributed by atoms with Gasteiger partial charge in [0.15, 0.2) is 0 Å². The summed E-state index contributed by atoms with van der Waals surface area (Å²) in [5.74, 6) is -1.89. The van der Waals surface area contributed by atoms with Crippen molar-refractivity contribution >= 4 is 21.8 Å². The van der Waals surface area contributed by atoms with E-state index in [1.54, 1.807) is 6.92 Å². The van der Waals surface area contributed by atoms with Crippen LogP contribution >= 0.6 is 0 Å². The van der Waals surface area contributed by atoms with Crippen molar-refractivity contribution in [2.45, 2.75) is 56.4 Å². The van der Waals surface area contributed by atoms with E-state index >= 15 is 0 Å². The van der Waals surface area contributed by atoms with E-state index in [2.05, 4.69) is 10.6 Å². The first-order chi connectivity index (χ1) is 16.3. The number of sulfonamides is 1. The van der Waals surface area contributed by atoms with E-state index in [4.69, 9.17) is 0 Å². The summed E-state index contributed by atoms with van der Waals surface area (Å²) < 4.78 is 41.4. The second-order valence-electron chi connectivity index (χ2n) is 8.56. The Morgan fingerprint density at radius 2 is 1.74 bits per heavy atom. The molecular weight excluding hydrogens is 457 g/mol. The summed E-state index contributed by atoms with van der Waals surface area (Å²) in [6.07, 6.45) is 4.22. The second-order valence-corrected chi connectivity index (χ2v) is 10.4. The summed E-state index contributed by atoms with van der Waals surface area (Å²) in [5.41, 5.74) is 1.53. The smallest absolute Gasteiger partial charge is 0.309 e. The van der Waals surface area contributed by atoms with E-state index in [0.717, 1.165) is 31.7 Å². The highest BCUT2D eigenvalue weighted by atomic mass is 32.2. The Labute approximate surface area is 200 Å². The quantitative estimate of drug-likeness (QED) is 0.418. The molecule has 2 aromatic carbocycles. The van der Waals surface area contributed by atoms with Crippen LogP contribution in [0.5, 0.6) is 0 Å². The Morgan fingerprint density at radius 1 is 1.03 bits per heavy atom. The molecule has 184 valence electrons. The number of benzene rings is 2. The lowest BCUT2D eigenvalue weighted by Crippen LogP contribution is -2.46. The Kier molecular flexibility index (Phi) is 9.18. The molecule has 1 aliphatic heterocycles. The monoisotopic (exact) mass is 489 g/mol. The lowest BCUT2D eigenvalue weighted by molar-refractivity contribution is -0.139. The molecule has 1 aliphatic rings. The zero-order chi connectivity index (χ0) is 24.6. The third-order valence-corrected chi connectivity index (χ3v) is 8.15. The summed E-state index contributed by atoms with van der Waals surface area (Å²) in [7, 11) is -3.79. The molecule has 0 aliphatic carbocycles. The minimum absolute atomic E-state index is 0.0970. The van der Waals surface area contributed by atoms with E-state index in [1.165, 1.54) is 22.0 Å². The molecule has 1 fully saturated rings. The van der Waals surface area contributed by atoms with Crippen LogP contribution in [0.3, 0.4) is 0 Å². The van der Waals surface area contributed by atoms with Crippen LogP contribution in [0.25, 0.3) is 0 Å². The van der Waals surface area contributed by atoms with Gasteiger partial charge < -0.3 is 10.6 Å². The van der Waals surface area contributed by atoms with Gasteiger partial charge in [0.05, 0.1) is 4.90 Å². The molecule has 1 saturated heterocycles. The number of carbonyl (C=O) groups is 2. The third-order valence-electron chi connectivity index (χ3n) is 6.04. The topological polar surface area (TPSA) is 95.6 Å². The van der Waals surface area contributed by atoms with Gasteiger partial charge in [-0.05, 0) is 68.4 Å². The first kappa shape index (κ1) is 25.8. The standard InChI is InChI=1S/C25H32FN3O4S/c1-19-18-21(26)12-13-23(19)34(32,33)29-17-6-5-11-22(29)14-16-28-25(31)24(30)27-15-7-10-20-8-3-2-4-9-20/h2-4,8-9,12-13,18,22H,5-7,10-11,14-17H2,1H3,(H,27,30)(H,28,31). The average molecular weight is 490 g/mol. The zero-order valence-electron chi connectivity index (χ0n) is 19.4. The molecule has 0 bridgehead atoms. The van der Waals surface area contributed by atoms with E-state index in [1.807, 2.05) is 30.3 Å². The molecule has 0 radical (unpaired) electrons. The molecule has 2 N–H and O–H groups in total. The summed E-state index contributed by atoms with van der Waals surface area (Å²) in [4.78, 5) is 24.3. The highest BCUT2D eigenvalue weighted by Gasteiger charge is 2.34. The summed E-state index contributed by atoms with van der Waals surface area (Å²) in [6.45, 7) is 2.54. The van der Waals surface area contributed by atoms with Gasteiger partial charge in [0.1, 0.15) is 5.82 Å². The van der Waals surface area contributed by atoms with Crippen LogP contribution in [-0.4, -0.2) is 50.2 Å². The van der Waals surface area contributed by atoms with E-state index in [-0.39, 0.29) is 17.5 Å². The molecule has 1 heterocycles. The molecule has 0 aromatic heterocycles. The number of aryl methyl sites for hydroxylation is 2. The van der Waals surface area contributed by atoms with Gasteiger partial charge in [0.2, 0.25) is 10.0 Å². The minimum Gasteiger partial charge on any atom is -0.348 e. The molecule has 1 unspecified atom stereocenters. The highest BCUT2D eigenvalue weighted by molar-refractivity contribution is 7.89. The average Bonchev–Trinajstić information content (AvgIpc) is 2.82. The molecule has 9 heteroatoms. The number of piperidine rings is 1. The van der Waals surface area contributed by atoms with Gasteiger partial charge in [-0.25, -0.2) is 12.8 Å². The van der Waals surface area contributed by atoms with E-state index < -0.39 is 27.7 Å². The molecule has 0 spiro atoms. The number of hydrogen-bond donors (Lipinski definition) is 2. The first-order valence-corrected chi connectivity index (χ1v) is 13.1. The van der Waals surface area contributed by atoms with Gasteiger partial charge in [0, 0.05) is 25.7 Å². The van der Waals surface area contributed by atoms with Crippen molar-refractivity contribution in [3.05, 3.63) is 65.5 Å². The molecule has 34 heavy (non-hydrogen) atoms. The number of hydrogen-bond acceptors (Lipinski definition) is 4. The normalized spacial score (nSPS) is 16.7. The Morgan fingerprint density at radius 3 is 2.44 bits per heavy atom. The largest absolute Gasteiger partial charge is 0.348 e. The molecule has 2 aromatic rings. The first-order valence-electron chi connectivity index (χ1n) is 11.7. The highest BCUT2D eigenvalue weighted by Crippen LogP contribution is 2.28. The van der Waals surface area contributed by atoms with Gasteiger partial charge in [-0.3, -0.25) is 9.59 Å². The van der Waals surface area contributed by atoms with Crippen molar-refractivity contribution in [1.29, 1.82) is 0 Å². The van der Waals surface area contributed by atoms with Gasteiger partial charge in [-0.1, -0.05) is 36.8 Å².